The van der Waals surface area contributed by atoms with Gasteiger partial charge < -0.3 is 4.74 Å². The molecule has 6 nitrogen and oxygen atoms in total. The number of hydrogen-bond acceptors (Lipinski definition) is 5. The lowest BCUT2D eigenvalue weighted by Crippen LogP contribution is -2.34. The first-order chi connectivity index (χ1) is 15.2. The molecule has 1 aliphatic rings. The van der Waals surface area contributed by atoms with E-state index in [4.69, 9.17) is 14.8 Å². The van der Waals surface area contributed by atoms with E-state index in [1.807, 2.05) is 30.6 Å². The van der Waals surface area contributed by atoms with E-state index < -0.39 is 0 Å². The molecule has 4 heterocycles. The molecule has 0 unspecified atom stereocenters. The summed E-state index contributed by atoms with van der Waals surface area (Å²) < 4.78 is 21.0. The largest absolute Gasteiger partial charge is 0.496 e. The van der Waals surface area contributed by atoms with E-state index in [0.717, 1.165) is 49.5 Å². The normalized spacial score (nSPS) is 17.2. The van der Waals surface area contributed by atoms with Crippen molar-refractivity contribution in [3.8, 4) is 16.9 Å². The Morgan fingerprint density at radius 3 is 2.97 bits per heavy atom. The maximum atomic E-state index is 13.8. The van der Waals surface area contributed by atoms with E-state index in [9.17, 15) is 4.39 Å². The first-order valence-electron chi connectivity index (χ1n) is 10.5. The Morgan fingerprint density at radius 2 is 2.13 bits per heavy atom. The monoisotopic (exact) mass is 417 g/mol. The molecule has 3 aromatic heterocycles. The molecule has 4 aromatic rings. The highest BCUT2D eigenvalue weighted by molar-refractivity contribution is 5.71. The molecule has 0 amide bonds. The Kier molecular flexibility index (Phi) is 5.34. The molecule has 5 rings (SSSR count). The average Bonchev–Trinajstić information content (AvgIpc) is 3.23. The van der Waals surface area contributed by atoms with Crippen LogP contribution in [0.25, 0.3) is 16.8 Å². The highest BCUT2D eigenvalue weighted by atomic mass is 19.1. The minimum Gasteiger partial charge on any atom is -0.496 e. The number of methoxy groups -OCH3 is 1. The molecule has 0 N–H and O–H groups in total. The number of ether oxygens (including phenoxy) is 1. The van der Waals surface area contributed by atoms with Crippen molar-refractivity contribution in [3.63, 3.8) is 0 Å². The predicted molar refractivity (Wildman–Crippen MR) is 116 cm³/mol. The Hall–Kier alpha value is -3.32. The fraction of sp³-hybridized carbons (Fsp3) is 0.292. The van der Waals surface area contributed by atoms with Crippen molar-refractivity contribution >= 4 is 5.65 Å². The molecule has 0 spiro atoms. The Labute approximate surface area is 180 Å². The number of likely N-dealkylation sites (tertiary alicyclic amines) is 1. The van der Waals surface area contributed by atoms with Crippen LogP contribution in [0.5, 0.6) is 5.75 Å². The van der Waals surface area contributed by atoms with Crippen molar-refractivity contribution in [2.75, 3.05) is 20.2 Å². The molecule has 1 aromatic carbocycles. The maximum Gasteiger partial charge on any atom is 0.156 e. The third kappa shape index (κ3) is 4.14. The molecular weight excluding hydrogens is 393 g/mol. The second-order valence-corrected chi connectivity index (χ2v) is 7.97. The van der Waals surface area contributed by atoms with E-state index in [2.05, 4.69) is 16.0 Å². The van der Waals surface area contributed by atoms with Crippen molar-refractivity contribution in [1.82, 2.24) is 24.5 Å². The van der Waals surface area contributed by atoms with Crippen LogP contribution in [0.3, 0.4) is 0 Å². The SMILES string of the molecule is COc1ccc(F)cc1-c1ccc2nc([C@H]3CCCN(Cc4cccnc4)C3)nn2c1. The molecule has 31 heavy (non-hydrogen) atoms. The number of fused-ring (bicyclic) bond motifs is 1. The predicted octanol–water partition coefficient (Wildman–Crippen LogP) is 4.32. The van der Waals surface area contributed by atoms with Gasteiger partial charge in [-0.3, -0.25) is 9.88 Å². The van der Waals surface area contributed by atoms with Gasteiger partial charge in [0.1, 0.15) is 11.6 Å². The number of aromatic nitrogens is 4. The topological polar surface area (TPSA) is 55.5 Å². The van der Waals surface area contributed by atoms with Gasteiger partial charge in [-0.15, -0.1) is 0 Å². The van der Waals surface area contributed by atoms with Crippen LogP contribution in [-0.2, 0) is 6.54 Å². The summed E-state index contributed by atoms with van der Waals surface area (Å²) in [7, 11) is 1.59. The Balaban J connectivity index is 1.39. The third-order valence-electron chi connectivity index (χ3n) is 5.82. The van der Waals surface area contributed by atoms with E-state index >= 15 is 0 Å². The molecule has 1 fully saturated rings. The standard InChI is InChI=1S/C24H24FN5O/c1-31-22-8-7-20(25)12-21(22)18-6-9-23-27-24(28-30(23)16-18)19-5-3-11-29(15-19)14-17-4-2-10-26-13-17/h2,4,6-10,12-13,16,19H,3,5,11,14-15H2,1H3/t19-/m0/s1. The summed E-state index contributed by atoms with van der Waals surface area (Å²) in [5.41, 5.74) is 3.54. The van der Waals surface area contributed by atoms with Crippen LogP contribution in [-0.4, -0.2) is 44.7 Å². The van der Waals surface area contributed by atoms with Gasteiger partial charge in [0.05, 0.1) is 7.11 Å². The fourth-order valence-corrected chi connectivity index (χ4v) is 4.30. The van der Waals surface area contributed by atoms with Crippen LogP contribution < -0.4 is 4.74 Å². The summed E-state index contributed by atoms with van der Waals surface area (Å²) >= 11 is 0. The van der Waals surface area contributed by atoms with Crippen LogP contribution in [0.15, 0.2) is 61.1 Å². The van der Waals surface area contributed by atoms with Crippen LogP contribution >= 0.6 is 0 Å². The van der Waals surface area contributed by atoms with Crippen molar-refractivity contribution in [3.05, 3.63) is 78.3 Å². The van der Waals surface area contributed by atoms with Gasteiger partial charge in [-0.25, -0.2) is 13.9 Å². The molecule has 1 atom stereocenters. The number of hydrogen-bond donors (Lipinski definition) is 0. The van der Waals surface area contributed by atoms with Gasteiger partial charge in [0.15, 0.2) is 11.5 Å². The lowest BCUT2D eigenvalue weighted by Gasteiger charge is -2.31. The maximum absolute atomic E-state index is 13.8. The van der Waals surface area contributed by atoms with Gasteiger partial charge in [0.25, 0.3) is 0 Å². The zero-order valence-corrected chi connectivity index (χ0v) is 17.4. The van der Waals surface area contributed by atoms with E-state index in [0.29, 0.717) is 11.3 Å². The van der Waals surface area contributed by atoms with E-state index in [-0.39, 0.29) is 11.7 Å². The molecule has 0 radical (unpaired) electrons. The molecule has 0 saturated carbocycles. The summed E-state index contributed by atoms with van der Waals surface area (Å²) in [4.78, 5) is 11.4. The highest BCUT2D eigenvalue weighted by Gasteiger charge is 2.25. The van der Waals surface area contributed by atoms with Crippen molar-refractivity contribution < 1.29 is 9.13 Å². The minimum absolute atomic E-state index is 0.289. The lowest BCUT2D eigenvalue weighted by molar-refractivity contribution is 0.196. The van der Waals surface area contributed by atoms with Gasteiger partial charge in [-0.1, -0.05) is 6.07 Å². The molecule has 1 saturated heterocycles. The fourth-order valence-electron chi connectivity index (χ4n) is 4.30. The van der Waals surface area contributed by atoms with Crippen molar-refractivity contribution in [2.24, 2.45) is 0 Å². The third-order valence-corrected chi connectivity index (χ3v) is 5.82. The zero-order chi connectivity index (χ0) is 21.2. The molecule has 0 bridgehead atoms. The minimum atomic E-state index is -0.300. The molecular formula is C24H24FN5O. The quantitative estimate of drug-likeness (QED) is 0.484. The summed E-state index contributed by atoms with van der Waals surface area (Å²) in [6.45, 7) is 2.89. The number of nitrogens with zero attached hydrogens (tertiary/aromatic N) is 5. The lowest BCUT2D eigenvalue weighted by atomic mass is 9.97. The van der Waals surface area contributed by atoms with Gasteiger partial charge in [-0.2, -0.15) is 5.10 Å². The van der Waals surface area contributed by atoms with Gasteiger partial charge in [0.2, 0.25) is 0 Å². The second kappa shape index (κ2) is 8.43. The van der Waals surface area contributed by atoms with Crippen molar-refractivity contribution in [1.29, 1.82) is 0 Å². The van der Waals surface area contributed by atoms with E-state index in [1.54, 1.807) is 23.9 Å². The molecule has 0 aliphatic carbocycles. The Morgan fingerprint density at radius 1 is 1.19 bits per heavy atom. The average molecular weight is 417 g/mol. The van der Waals surface area contributed by atoms with Crippen LogP contribution in [0.2, 0.25) is 0 Å². The number of benzene rings is 1. The van der Waals surface area contributed by atoms with Crippen LogP contribution in [0.4, 0.5) is 4.39 Å². The summed E-state index contributed by atoms with van der Waals surface area (Å²) in [6.07, 6.45) is 7.81. The smallest absolute Gasteiger partial charge is 0.156 e. The van der Waals surface area contributed by atoms with Crippen LogP contribution in [0.1, 0.15) is 30.1 Å². The molecule has 7 heteroatoms. The Bertz CT molecular complexity index is 1190. The summed E-state index contributed by atoms with van der Waals surface area (Å²) in [6, 6.07) is 12.5. The summed E-state index contributed by atoms with van der Waals surface area (Å²) in [5, 5.41) is 4.77. The van der Waals surface area contributed by atoms with Crippen molar-refractivity contribution in [2.45, 2.75) is 25.3 Å². The summed E-state index contributed by atoms with van der Waals surface area (Å²) in [5.74, 6) is 1.47. The number of piperidine rings is 1. The van der Waals surface area contributed by atoms with Crippen LogP contribution in [0, 0.1) is 5.82 Å². The first-order valence-corrected chi connectivity index (χ1v) is 10.5. The number of halogens is 1. The van der Waals surface area contributed by atoms with Gasteiger partial charge in [-0.05, 0) is 61.3 Å². The molecule has 1 aliphatic heterocycles. The van der Waals surface area contributed by atoms with Gasteiger partial charge >= 0.3 is 0 Å². The zero-order valence-electron chi connectivity index (χ0n) is 17.4. The second-order valence-electron chi connectivity index (χ2n) is 7.97. The highest BCUT2D eigenvalue weighted by Crippen LogP contribution is 2.31. The number of pyridine rings is 2. The number of rotatable bonds is 5. The van der Waals surface area contributed by atoms with E-state index in [1.165, 1.54) is 17.7 Å². The first kappa shape index (κ1) is 19.6. The molecule has 158 valence electrons. The van der Waals surface area contributed by atoms with Gasteiger partial charge in [0, 0.05) is 48.7 Å².